The zero-order valence-corrected chi connectivity index (χ0v) is 15.2. The summed E-state index contributed by atoms with van der Waals surface area (Å²) in [6.07, 6.45) is 2.92. The van der Waals surface area contributed by atoms with Gasteiger partial charge in [0, 0.05) is 41.9 Å². The number of benzene rings is 2. The third-order valence-electron chi connectivity index (χ3n) is 5.18. The topological polar surface area (TPSA) is 54.9 Å². The average molecular weight is 348 g/mol. The highest BCUT2D eigenvalue weighted by Gasteiger charge is 2.23. The number of rotatable bonds is 4. The molecule has 5 heteroatoms. The quantitative estimate of drug-likeness (QED) is 0.706. The van der Waals surface area contributed by atoms with Crippen LogP contribution in [0.1, 0.15) is 12.0 Å². The molecule has 1 atom stereocenters. The van der Waals surface area contributed by atoms with Crippen molar-refractivity contribution < 1.29 is 5.11 Å². The summed E-state index contributed by atoms with van der Waals surface area (Å²) in [6.45, 7) is 2.16. The summed E-state index contributed by atoms with van der Waals surface area (Å²) in [7, 11) is 4.29. The molecule has 1 unspecified atom stereocenters. The van der Waals surface area contributed by atoms with Crippen molar-refractivity contribution in [1.29, 1.82) is 0 Å². The number of aromatic hydroxyl groups is 1. The summed E-state index contributed by atoms with van der Waals surface area (Å²) in [5.74, 6) is 0.151. The lowest BCUT2D eigenvalue weighted by Crippen LogP contribution is -2.31. The maximum absolute atomic E-state index is 10.1. The Labute approximate surface area is 153 Å². The van der Waals surface area contributed by atoms with Crippen LogP contribution in [0, 0.1) is 0 Å². The zero-order valence-electron chi connectivity index (χ0n) is 15.2. The number of aliphatic imine (C=N–C) groups is 1. The van der Waals surface area contributed by atoms with Crippen molar-refractivity contribution in [2.24, 2.45) is 4.99 Å². The minimum Gasteiger partial charge on any atom is -0.494 e. The number of nitrogens with one attached hydrogen (secondary N) is 1. The van der Waals surface area contributed by atoms with E-state index in [-0.39, 0.29) is 5.88 Å². The molecule has 1 aromatic heterocycles. The molecule has 0 aliphatic carbocycles. The first-order chi connectivity index (χ1) is 12.6. The van der Waals surface area contributed by atoms with Gasteiger partial charge in [-0.25, -0.2) is 0 Å². The Kier molecular flexibility index (Phi) is 4.39. The van der Waals surface area contributed by atoms with Crippen LogP contribution in [0.3, 0.4) is 0 Å². The second-order valence-corrected chi connectivity index (χ2v) is 7.06. The third-order valence-corrected chi connectivity index (χ3v) is 5.18. The molecule has 134 valence electrons. The van der Waals surface area contributed by atoms with Crippen molar-refractivity contribution in [1.82, 2.24) is 9.88 Å². The van der Waals surface area contributed by atoms with Crippen molar-refractivity contribution in [2.45, 2.75) is 12.5 Å². The van der Waals surface area contributed by atoms with Crippen molar-refractivity contribution >= 4 is 28.5 Å². The number of aromatic nitrogens is 1. The van der Waals surface area contributed by atoms with Gasteiger partial charge in [0.25, 0.3) is 0 Å². The van der Waals surface area contributed by atoms with Crippen LogP contribution < -0.4 is 4.90 Å². The van der Waals surface area contributed by atoms with Crippen molar-refractivity contribution in [3.05, 3.63) is 54.1 Å². The maximum atomic E-state index is 10.1. The van der Waals surface area contributed by atoms with Crippen LogP contribution in [-0.4, -0.2) is 54.4 Å². The van der Waals surface area contributed by atoms with E-state index in [4.69, 9.17) is 0 Å². The molecule has 0 saturated carbocycles. The number of para-hydroxylation sites is 1. The molecule has 0 spiro atoms. The number of hydrogen-bond acceptors (Lipinski definition) is 4. The zero-order chi connectivity index (χ0) is 18.1. The van der Waals surface area contributed by atoms with Gasteiger partial charge in [0.05, 0.1) is 11.3 Å². The van der Waals surface area contributed by atoms with Gasteiger partial charge in [-0.15, -0.1) is 0 Å². The molecule has 5 nitrogen and oxygen atoms in total. The molecule has 1 fully saturated rings. The van der Waals surface area contributed by atoms with Crippen LogP contribution >= 0.6 is 0 Å². The van der Waals surface area contributed by atoms with E-state index in [2.05, 4.69) is 46.0 Å². The lowest BCUT2D eigenvalue weighted by molar-refractivity contribution is 0.315. The largest absolute Gasteiger partial charge is 0.494 e. The summed E-state index contributed by atoms with van der Waals surface area (Å²) in [6, 6.07) is 16.7. The minimum absolute atomic E-state index is 0.151. The number of aromatic amines is 1. The van der Waals surface area contributed by atoms with Crippen LogP contribution in [0.4, 0.5) is 11.4 Å². The fourth-order valence-corrected chi connectivity index (χ4v) is 3.57. The van der Waals surface area contributed by atoms with Crippen LogP contribution in [0.15, 0.2) is 53.5 Å². The molecule has 2 N–H and O–H groups in total. The van der Waals surface area contributed by atoms with Gasteiger partial charge in [-0.1, -0.05) is 18.2 Å². The molecule has 4 rings (SSSR count). The van der Waals surface area contributed by atoms with E-state index in [9.17, 15) is 5.11 Å². The number of fused-ring (bicyclic) bond motifs is 1. The second kappa shape index (κ2) is 6.84. The Balaban J connectivity index is 1.51. The Morgan fingerprint density at radius 2 is 1.92 bits per heavy atom. The van der Waals surface area contributed by atoms with Gasteiger partial charge >= 0.3 is 0 Å². The first-order valence-electron chi connectivity index (χ1n) is 8.97. The van der Waals surface area contributed by atoms with E-state index < -0.39 is 0 Å². The maximum Gasteiger partial charge on any atom is 0.198 e. The van der Waals surface area contributed by atoms with Gasteiger partial charge in [0.2, 0.25) is 0 Å². The van der Waals surface area contributed by atoms with E-state index in [0.29, 0.717) is 6.04 Å². The third kappa shape index (κ3) is 3.18. The molecule has 1 aliphatic heterocycles. The smallest absolute Gasteiger partial charge is 0.198 e. The first kappa shape index (κ1) is 16.7. The molecule has 2 heterocycles. The van der Waals surface area contributed by atoms with Crippen molar-refractivity contribution in [2.75, 3.05) is 32.1 Å². The monoisotopic (exact) mass is 348 g/mol. The molecule has 0 amide bonds. The molecule has 1 saturated heterocycles. The van der Waals surface area contributed by atoms with Gasteiger partial charge in [0.1, 0.15) is 0 Å². The number of anilines is 1. The lowest BCUT2D eigenvalue weighted by Gasteiger charge is -2.21. The standard InChI is InChI=1S/C21H24N4O/c1-24(2)17-11-12-25(14-17)16-9-7-15(8-10-16)22-13-19-18-5-3-4-6-20(18)23-21(19)26/h3-10,13,17,23,26H,11-12,14H2,1-2H3. The van der Waals surface area contributed by atoms with E-state index in [1.807, 2.05) is 36.4 Å². The highest BCUT2D eigenvalue weighted by molar-refractivity contribution is 6.02. The van der Waals surface area contributed by atoms with Gasteiger partial charge in [-0.2, -0.15) is 0 Å². The van der Waals surface area contributed by atoms with Crippen molar-refractivity contribution in [3.8, 4) is 5.88 Å². The van der Waals surface area contributed by atoms with Crippen LogP contribution in [-0.2, 0) is 0 Å². The summed E-state index contributed by atoms with van der Waals surface area (Å²) >= 11 is 0. The minimum atomic E-state index is 0.151. The van der Waals surface area contributed by atoms with Crippen LogP contribution in [0.2, 0.25) is 0 Å². The predicted molar refractivity (Wildman–Crippen MR) is 108 cm³/mol. The normalized spacial score (nSPS) is 17.8. The highest BCUT2D eigenvalue weighted by atomic mass is 16.3. The number of likely N-dealkylation sites (N-methyl/N-ethyl adjacent to an activating group) is 1. The van der Waals surface area contributed by atoms with Gasteiger partial charge < -0.3 is 19.9 Å². The summed E-state index contributed by atoms with van der Waals surface area (Å²) in [5.41, 5.74) is 3.74. The second-order valence-electron chi connectivity index (χ2n) is 7.06. The molecular formula is C21H24N4O. The molecule has 1 aliphatic rings. The number of H-pyrrole nitrogens is 1. The Morgan fingerprint density at radius 3 is 2.65 bits per heavy atom. The van der Waals surface area contributed by atoms with Crippen LogP contribution in [0.5, 0.6) is 5.88 Å². The molecule has 0 bridgehead atoms. The van der Waals surface area contributed by atoms with Crippen molar-refractivity contribution in [3.63, 3.8) is 0 Å². The van der Waals surface area contributed by atoms with Gasteiger partial charge in [-0.05, 0) is 50.8 Å². The van der Waals surface area contributed by atoms with E-state index in [0.717, 1.165) is 35.2 Å². The Hall–Kier alpha value is -2.79. The molecule has 26 heavy (non-hydrogen) atoms. The fourth-order valence-electron chi connectivity index (χ4n) is 3.57. The van der Waals surface area contributed by atoms with E-state index in [1.165, 1.54) is 12.1 Å². The van der Waals surface area contributed by atoms with E-state index >= 15 is 0 Å². The summed E-state index contributed by atoms with van der Waals surface area (Å²) < 4.78 is 0. The lowest BCUT2D eigenvalue weighted by atomic mass is 10.2. The number of nitrogens with zero attached hydrogens (tertiary/aromatic N) is 3. The number of hydrogen-bond donors (Lipinski definition) is 2. The SMILES string of the molecule is CN(C)C1CCN(c2ccc(N=Cc3c(O)[nH]c4ccccc34)cc2)C1. The van der Waals surface area contributed by atoms with Crippen LogP contribution in [0.25, 0.3) is 10.9 Å². The highest BCUT2D eigenvalue weighted by Crippen LogP contribution is 2.27. The Morgan fingerprint density at radius 1 is 1.15 bits per heavy atom. The molecule has 3 aromatic rings. The van der Waals surface area contributed by atoms with Gasteiger partial charge in [0.15, 0.2) is 5.88 Å². The first-order valence-corrected chi connectivity index (χ1v) is 8.97. The predicted octanol–water partition coefficient (Wildman–Crippen LogP) is 3.76. The van der Waals surface area contributed by atoms with Gasteiger partial charge in [-0.3, -0.25) is 4.99 Å². The summed E-state index contributed by atoms with van der Waals surface area (Å²) in [5, 5.41) is 11.1. The Bertz CT molecular complexity index is 927. The fraction of sp³-hybridized carbons (Fsp3) is 0.286. The molecule has 0 radical (unpaired) electrons. The summed E-state index contributed by atoms with van der Waals surface area (Å²) in [4.78, 5) is 12.2. The molecular weight excluding hydrogens is 324 g/mol. The van der Waals surface area contributed by atoms with E-state index in [1.54, 1.807) is 6.21 Å². The molecule has 2 aromatic carbocycles. The average Bonchev–Trinajstić information content (AvgIpc) is 3.25.